The molecule has 0 unspecified atom stereocenters. The second-order valence-electron chi connectivity index (χ2n) is 7.54. The predicted octanol–water partition coefficient (Wildman–Crippen LogP) is 2.73. The lowest BCUT2D eigenvalue weighted by Gasteiger charge is -2.51. The molecule has 2 bridgehead atoms. The Morgan fingerprint density at radius 1 is 0.750 bits per heavy atom. The van der Waals surface area contributed by atoms with Crippen LogP contribution >= 0.6 is 0 Å². The van der Waals surface area contributed by atoms with Crippen molar-refractivity contribution in [2.45, 2.75) is 77.5 Å². The molecule has 0 aromatic carbocycles. The van der Waals surface area contributed by atoms with Crippen LogP contribution < -0.4 is 0 Å². The summed E-state index contributed by atoms with van der Waals surface area (Å²) in [6.07, 6.45) is 2.79. The minimum atomic E-state index is 0.338. The van der Waals surface area contributed by atoms with Gasteiger partial charge in [0.2, 0.25) is 0 Å². The molecule has 2 aliphatic rings. The predicted molar refractivity (Wildman–Crippen MR) is 69.7 cm³/mol. The number of hydrogen-bond acceptors (Lipinski definition) is 2. The molecule has 0 radical (unpaired) electrons. The van der Waals surface area contributed by atoms with Gasteiger partial charge in [-0.25, -0.2) is 0 Å². The Balaban J connectivity index is 2.13. The van der Waals surface area contributed by atoms with E-state index in [1.807, 2.05) is 0 Å². The average Bonchev–Trinajstić information content (AvgIpc) is 2.35. The third-order valence-corrected chi connectivity index (χ3v) is 4.21. The third-order valence-electron chi connectivity index (χ3n) is 4.21. The van der Waals surface area contributed by atoms with Crippen molar-refractivity contribution < 1.29 is 0 Å². The third kappa shape index (κ3) is 2.14. The van der Waals surface area contributed by atoms with Gasteiger partial charge in [0.15, 0.2) is 0 Å². The maximum Gasteiger partial charge on any atom is 0.0232 e. The van der Waals surface area contributed by atoms with E-state index < -0.39 is 0 Å². The first kappa shape index (κ1) is 12.4. The van der Waals surface area contributed by atoms with Crippen LogP contribution in [0.2, 0.25) is 0 Å². The van der Waals surface area contributed by atoms with E-state index in [9.17, 15) is 0 Å². The highest BCUT2D eigenvalue weighted by Gasteiger charge is 2.46. The number of piperazine rings is 1. The zero-order chi connectivity index (χ0) is 12.1. The maximum atomic E-state index is 2.77. The lowest BCUT2D eigenvalue weighted by atomic mass is 9.97. The number of likely N-dealkylation sites (tertiary alicyclic amines) is 1. The van der Waals surface area contributed by atoms with Gasteiger partial charge in [-0.3, -0.25) is 9.80 Å². The molecule has 16 heavy (non-hydrogen) atoms. The van der Waals surface area contributed by atoms with Crippen molar-refractivity contribution in [3.63, 3.8) is 0 Å². The van der Waals surface area contributed by atoms with Gasteiger partial charge in [-0.1, -0.05) is 0 Å². The summed E-state index contributed by atoms with van der Waals surface area (Å²) in [5.74, 6) is 0. The summed E-state index contributed by atoms with van der Waals surface area (Å²) in [5.41, 5.74) is 0.681. The molecular formula is C14H28N2. The number of fused-ring (bicyclic) bond motifs is 2. The molecule has 2 aliphatic heterocycles. The Hall–Kier alpha value is -0.0800. The number of nitrogens with zero attached hydrogens (tertiary/aromatic N) is 2. The van der Waals surface area contributed by atoms with E-state index in [-0.39, 0.29) is 0 Å². The summed E-state index contributed by atoms with van der Waals surface area (Å²) >= 11 is 0. The summed E-state index contributed by atoms with van der Waals surface area (Å²) in [5, 5.41) is 0. The average molecular weight is 224 g/mol. The summed E-state index contributed by atoms with van der Waals surface area (Å²) in [6.45, 7) is 16.7. The fraction of sp³-hybridized carbons (Fsp3) is 1.00. The largest absolute Gasteiger partial charge is 0.295 e. The smallest absolute Gasteiger partial charge is 0.0232 e. The lowest BCUT2D eigenvalue weighted by molar-refractivity contribution is -0.0289. The summed E-state index contributed by atoms with van der Waals surface area (Å²) in [6, 6.07) is 1.58. The molecule has 0 aromatic rings. The number of hydrogen-bond donors (Lipinski definition) is 0. The van der Waals surface area contributed by atoms with Crippen molar-refractivity contribution in [1.82, 2.24) is 9.80 Å². The first-order valence-electron chi connectivity index (χ1n) is 6.73. The van der Waals surface area contributed by atoms with E-state index in [0.717, 1.165) is 12.1 Å². The van der Waals surface area contributed by atoms with Gasteiger partial charge in [0, 0.05) is 36.3 Å². The molecule has 2 atom stereocenters. The Morgan fingerprint density at radius 2 is 1.19 bits per heavy atom. The van der Waals surface area contributed by atoms with Crippen LogP contribution in [-0.4, -0.2) is 46.1 Å². The fourth-order valence-corrected chi connectivity index (χ4v) is 3.55. The first-order valence-corrected chi connectivity index (χ1v) is 6.73. The van der Waals surface area contributed by atoms with Crippen molar-refractivity contribution in [2.75, 3.05) is 13.1 Å². The zero-order valence-electron chi connectivity index (χ0n) is 11.9. The maximum absolute atomic E-state index is 2.77. The van der Waals surface area contributed by atoms with Crippen molar-refractivity contribution in [2.24, 2.45) is 0 Å². The van der Waals surface area contributed by atoms with Crippen LogP contribution in [0.1, 0.15) is 54.4 Å². The highest BCUT2D eigenvalue weighted by Crippen LogP contribution is 2.37. The quantitative estimate of drug-likeness (QED) is 0.624. The second kappa shape index (κ2) is 3.71. The van der Waals surface area contributed by atoms with Crippen LogP contribution in [0.5, 0.6) is 0 Å². The topological polar surface area (TPSA) is 6.48 Å². The van der Waals surface area contributed by atoms with Crippen LogP contribution in [0, 0.1) is 0 Å². The molecule has 0 aliphatic carbocycles. The molecule has 2 rings (SSSR count). The fourth-order valence-electron chi connectivity index (χ4n) is 3.55. The van der Waals surface area contributed by atoms with Gasteiger partial charge in [0.05, 0.1) is 0 Å². The molecule has 2 heterocycles. The van der Waals surface area contributed by atoms with Crippen molar-refractivity contribution in [3.05, 3.63) is 0 Å². The van der Waals surface area contributed by atoms with E-state index >= 15 is 0 Å². The van der Waals surface area contributed by atoms with Crippen molar-refractivity contribution in [1.29, 1.82) is 0 Å². The van der Waals surface area contributed by atoms with Crippen LogP contribution in [0.3, 0.4) is 0 Å². The molecule has 2 nitrogen and oxygen atoms in total. The molecule has 0 saturated carbocycles. The molecule has 2 fully saturated rings. The Kier molecular flexibility index (Phi) is 2.87. The highest BCUT2D eigenvalue weighted by molar-refractivity contribution is 5.02. The van der Waals surface area contributed by atoms with E-state index in [0.29, 0.717) is 11.1 Å². The minimum absolute atomic E-state index is 0.338. The van der Waals surface area contributed by atoms with Crippen molar-refractivity contribution in [3.8, 4) is 0 Å². The normalized spacial score (nSPS) is 33.4. The summed E-state index contributed by atoms with van der Waals surface area (Å²) in [7, 11) is 0. The summed E-state index contributed by atoms with van der Waals surface area (Å²) in [4.78, 5) is 5.45. The van der Waals surface area contributed by atoms with Gasteiger partial charge in [-0.2, -0.15) is 0 Å². The zero-order valence-corrected chi connectivity index (χ0v) is 11.9. The van der Waals surface area contributed by atoms with Gasteiger partial charge in [0.25, 0.3) is 0 Å². The van der Waals surface area contributed by atoms with Gasteiger partial charge >= 0.3 is 0 Å². The second-order valence-corrected chi connectivity index (χ2v) is 7.54. The van der Waals surface area contributed by atoms with E-state index in [1.54, 1.807) is 0 Å². The standard InChI is InChI=1S/C14H28N2/c1-13(2,3)15-9-11-7-8-12(10-15)16(11)14(4,5)6/h11-12H,7-10H2,1-6H3/t11-,12+. The van der Waals surface area contributed by atoms with E-state index in [1.165, 1.54) is 25.9 Å². The molecular weight excluding hydrogens is 196 g/mol. The summed E-state index contributed by atoms with van der Waals surface area (Å²) < 4.78 is 0. The van der Waals surface area contributed by atoms with E-state index in [4.69, 9.17) is 0 Å². The van der Waals surface area contributed by atoms with Crippen LogP contribution in [0.15, 0.2) is 0 Å². The van der Waals surface area contributed by atoms with Gasteiger partial charge in [0.1, 0.15) is 0 Å². The van der Waals surface area contributed by atoms with Gasteiger partial charge < -0.3 is 0 Å². The van der Waals surface area contributed by atoms with Crippen LogP contribution in [0.4, 0.5) is 0 Å². The molecule has 0 N–H and O–H groups in total. The minimum Gasteiger partial charge on any atom is -0.295 e. The van der Waals surface area contributed by atoms with Crippen molar-refractivity contribution >= 4 is 0 Å². The number of rotatable bonds is 0. The molecule has 0 spiro atoms. The van der Waals surface area contributed by atoms with Crippen LogP contribution in [-0.2, 0) is 0 Å². The molecule has 2 saturated heterocycles. The molecule has 94 valence electrons. The van der Waals surface area contributed by atoms with Gasteiger partial charge in [-0.05, 0) is 54.4 Å². The molecule has 0 amide bonds. The lowest BCUT2D eigenvalue weighted by Crippen LogP contribution is -2.63. The Labute approximate surface area is 101 Å². The monoisotopic (exact) mass is 224 g/mol. The van der Waals surface area contributed by atoms with Crippen LogP contribution in [0.25, 0.3) is 0 Å². The molecule has 0 aromatic heterocycles. The molecule has 2 heteroatoms. The SMILES string of the molecule is CC(C)(C)N1C[C@H]2CC[C@@H](C1)N2C(C)(C)C. The van der Waals surface area contributed by atoms with Gasteiger partial charge in [-0.15, -0.1) is 0 Å². The Morgan fingerprint density at radius 3 is 1.50 bits per heavy atom. The Bertz CT molecular complexity index is 245. The van der Waals surface area contributed by atoms with E-state index in [2.05, 4.69) is 51.3 Å². The highest BCUT2D eigenvalue weighted by atomic mass is 15.4. The first-order chi connectivity index (χ1) is 7.19.